The second-order valence-corrected chi connectivity index (χ2v) is 5.95. The van der Waals surface area contributed by atoms with Crippen LogP contribution in [0.5, 0.6) is 5.75 Å². The normalized spacial score (nSPS) is 28.4. The third kappa shape index (κ3) is 2.91. The van der Waals surface area contributed by atoms with Crippen molar-refractivity contribution < 1.29 is 9.53 Å². The molecule has 0 spiro atoms. The Bertz CT molecular complexity index is 472. The van der Waals surface area contributed by atoms with Gasteiger partial charge in [-0.2, -0.15) is 0 Å². The zero-order chi connectivity index (χ0) is 13.2. The largest absolute Gasteiger partial charge is 0.484 e. The Morgan fingerprint density at radius 2 is 2.26 bits per heavy atom. The molecule has 0 saturated heterocycles. The molecule has 2 aliphatic carbocycles. The highest BCUT2D eigenvalue weighted by molar-refractivity contribution is 5.78. The van der Waals surface area contributed by atoms with Crippen molar-refractivity contribution in [1.82, 2.24) is 5.32 Å². The lowest BCUT2D eigenvalue weighted by atomic mass is 9.95. The maximum absolute atomic E-state index is 11.9. The molecule has 1 aromatic rings. The van der Waals surface area contributed by atoms with Crippen molar-refractivity contribution in [3.8, 4) is 5.75 Å². The molecule has 3 heteroatoms. The highest BCUT2D eigenvalue weighted by Gasteiger charge is 2.40. The zero-order valence-electron chi connectivity index (χ0n) is 11.4. The van der Waals surface area contributed by atoms with Crippen molar-refractivity contribution in [2.45, 2.75) is 38.6 Å². The number of benzene rings is 1. The number of hydrogen-bond donors (Lipinski definition) is 1. The number of rotatable bonds is 4. The summed E-state index contributed by atoms with van der Waals surface area (Å²) in [7, 11) is 0. The van der Waals surface area contributed by atoms with Crippen molar-refractivity contribution in [2.24, 2.45) is 11.8 Å². The number of fused-ring (bicyclic) bond motifs is 2. The molecule has 3 atom stereocenters. The van der Waals surface area contributed by atoms with Crippen LogP contribution in [0, 0.1) is 18.8 Å². The van der Waals surface area contributed by atoms with Crippen molar-refractivity contribution in [3.05, 3.63) is 29.8 Å². The fourth-order valence-corrected chi connectivity index (χ4v) is 3.52. The highest BCUT2D eigenvalue weighted by atomic mass is 16.5. The van der Waals surface area contributed by atoms with Crippen molar-refractivity contribution in [2.75, 3.05) is 6.61 Å². The Morgan fingerprint density at radius 3 is 2.95 bits per heavy atom. The summed E-state index contributed by atoms with van der Waals surface area (Å²) in [6, 6.07) is 8.19. The topological polar surface area (TPSA) is 38.3 Å². The van der Waals surface area contributed by atoms with Crippen LogP contribution in [0.15, 0.2) is 24.3 Å². The minimum absolute atomic E-state index is 0.0130. The van der Waals surface area contributed by atoms with Crippen molar-refractivity contribution >= 4 is 5.91 Å². The van der Waals surface area contributed by atoms with Gasteiger partial charge in [-0.1, -0.05) is 18.6 Å². The summed E-state index contributed by atoms with van der Waals surface area (Å²) in [4.78, 5) is 11.9. The van der Waals surface area contributed by atoms with E-state index in [1.54, 1.807) is 0 Å². The predicted octanol–water partition coefficient (Wildman–Crippen LogP) is 2.68. The predicted molar refractivity (Wildman–Crippen MR) is 74.1 cm³/mol. The number of aryl methyl sites for hydroxylation is 1. The Labute approximate surface area is 114 Å². The van der Waals surface area contributed by atoms with E-state index in [1.807, 2.05) is 31.2 Å². The van der Waals surface area contributed by atoms with Gasteiger partial charge in [-0.05, 0) is 55.7 Å². The number of nitrogens with one attached hydrogen (secondary N) is 1. The van der Waals surface area contributed by atoms with Gasteiger partial charge in [0, 0.05) is 6.04 Å². The molecule has 3 nitrogen and oxygen atoms in total. The van der Waals surface area contributed by atoms with E-state index in [4.69, 9.17) is 4.74 Å². The van der Waals surface area contributed by atoms with Gasteiger partial charge in [0.1, 0.15) is 5.75 Å². The van der Waals surface area contributed by atoms with Gasteiger partial charge >= 0.3 is 0 Å². The van der Waals surface area contributed by atoms with E-state index in [-0.39, 0.29) is 12.5 Å². The lowest BCUT2D eigenvalue weighted by Crippen LogP contribution is -2.40. The molecule has 3 rings (SSSR count). The van der Waals surface area contributed by atoms with Gasteiger partial charge < -0.3 is 10.1 Å². The van der Waals surface area contributed by atoms with E-state index < -0.39 is 0 Å². The highest BCUT2D eigenvalue weighted by Crippen LogP contribution is 2.44. The summed E-state index contributed by atoms with van der Waals surface area (Å²) in [5.74, 6) is 2.35. The summed E-state index contributed by atoms with van der Waals surface area (Å²) >= 11 is 0. The lowest BCUT2D eigenvalue weighted by molar-refractivity contribution is -0.124. The lowest BCUT2D eigenvalue weighted by Gasteiger charge is -2.22. The number of ether oxygens (including phenoxy) is 1. The summed E-state index contributed by atoms with van der Waals surface area (Å²) in [5, 5.41) is 3.13. The van der Waals surface area contributed by atoms with Gasteiger partial charge in [0.2, 0.25) is 0 Å². The molecular formula is C16H21NO2. The first kappa shape index (κ1) is 12.5. The first-order valence-electron chi connectivity index (χ1n) is 7.19. The SMILES string of the molecule is Cc1cccc(OCC(=O)N[C@H]2C[C@H]3CC[C@H]2C3)c1. The first-order chi connectivity index (χ1) is 9.20. The van der Waals surface area contributed by atoms with Crippen LogP contribution < -0.4 is 10.1 Å². The second kappa shape index (κ2) is 5.24. The molecule has 19 heavy (non-hydrogen) atoms. The second-order valence-electron chi connectivity index (χ2n) is 5.95. The molecule has 1 amide bonds. The average Bonchev–Trinajstić information content (AvgIpc) is 2.99. The molecule has 0 aromatic heterocycles. The summed E-state index contributed by atoms with van der Waals surface area (Å²) in [6.45, 7) is 2.14. The Balaban J connectivity index is 1.47. The molecule has 2 bridgehead atoms. The molecule has 0 radical (unpaired) electrons. The minimum atomic E-state index is 0.0130. The van der Waals surface area contributed by atoms with Gasteiger partial charge in [-0.3, -0.25) is 4.79 Å². The van der Waals surface area contributed by atoms with E-state index in [0.29, 0.717) is 12.0 Å². The Kier molecular flexibility index (Phi) is 3.45. The molecule has 1 aromatic carbocycles. The van der Waals surface area contributed by atoms with Crippen LogP contribution in [-0.4, -0.2) is 18.6 Å². The van der Waals surface area contributed by atoms with E-state index in [9.17, 15) is 4.79 Å². The molecule has 2 aliphatic rings. The number of carbonyl (C=O) groups excluding carboxylic acids is 1. The fourth-order valence-electron chi connectivity index (χ4n) is 3.52. The fraction of sp³-hybridized carbons (Fsp3) is 0.562. The van der Waals surface area contributed by atoms with Gasteiger partial charge in [0.25, 0.3) is 5.91 Å². The van der Waals surface area contributed by atoms with E-state index in [1.165, 1.54) is 25.7 Å². The third-order valence-electron chi connectivity index (χ3n) is 4.44. The van der Waals surface area contributed by atoms with Crippen LogP contribution in [0.25, 0.3) is 0 Å². The molecule has 2 saturated carbocycles. The van der Waals surface area contributed by atoms with Crippen LogP contribution in [-0.2, 0) is 4.79 Å². The van der Waals surface area contributed by atoms with E-state index >= 15 is 0 Å². The zero-order valence-corrected chi connectivity index (χ0v) is 11.4. The van der Waals surface area contributed by atoms with Crippen LogP contribution in [0.3, 0.4) is 0 Å². The maximum atomic E-state index is 11.9. The average molecular weight is 259 g/mol. The van der Waals surface area contributed by atoms with Crippen LogP contribution in [0.1, 0.15) is 31.2 Å². The molecular weight excluding hydrogens is 238 g/mol. The van der Waals surface area contributed by atoms with Crippen molar-refractivity contribution in [1.29, 1.82) is 0 Å². The molecule has 0 unspecified atom stereocenters. The smallest absolute Gasteiger partial charge is 0.258 e. The van der Waals surface area contributed by atoms with Gasteiger partial charge in [-0.15, -0.1) is 0 Å². The third-order valence-corrected chi connectivity index (χ3v) is 4.44. The van der Waals surface area contributed by atoms with Crippen LogP contribution in [0.4, 0.5) is 0 Å². The van der Waals surface area contributed by atoms with Gasteiger partial charge in [0.05, 0.1) is 0 Å². The molecule has 1 N–H and O–H groups in total. The quantitative estimate of drug-likeness (QED) is 0.902. The van der Waals surface area contributed by atoms with Crippen LogP contribution >= 0.6 is 0 Å². The van der Waals surface area contributed by atoms with E-state index in [0.717, 1.165) is 17.2 Å². The van der Waals surface area contributed by atoms with Crippen molar-refractivity contribution in [3.63, 3.8) is 0 Å². The molecule has 102 valence electrons. The van der Waals surface area contributed by atoms with Crippen LogP contribution in [0.2, 0.25) is 0 Å². The first-order valence-corrected chi connectivity index (χ1v) is 7.19. The number of carbonyl (C=O) groups is 1. The minimum Gasteiger partial charge on any atom is -0.484 e. The summed E-state index contributed by atoms with van der Waals surface area (Å²) in [6.07, 6.45) is 5.12. The standard InChI is InChI=1S/C16H21NO2/c1-11-3-2-4-14(7-11)19-10-16(18)17-15-9-12-5-6-13(15)8-12/h2-4,7,12-13,15H,5-6,8-10H2,1H3,(H,17,18)/t12-,13-,15-/m0/s1. The van der Waals surface area contributed by atoms with E-state index in [2.05, 4.69) is 5.32 Å². The Morgan fingerprint density at radius 1 is 1.37 bits per heavy atom. The molecule has 0 heterocycles. The molecule has 2 fully saturated rings. The van der Waals surface area contributed by atoms with Gasteiger partial charge in [0.15, 0.2) is 6.61 Å². The maximum Gasteiger partial charge on any atom is 0.258 e. The summed E-state index contributed by atoms with van der Waals surface area (Å²) in [5.41, 5.74) is 1.14. The Hall–Kier alpha value is -1.51. The van der Waals surface area contributed by atoms with Gasteiger partial charge in [-0.25, -0.2) is 0 Å². The monoisotopic (exact) mass is 259 g/mol. The summed E-state index contributed by atoms with van der Waals surface area (Å²) < 4.78 is 5.53. The number of hydrogen-bond acceptors (Lipinski definition) is 2. The number of amides is 1. The molecule has 0 aliphatic heterocycles.